The molecule has 0 aliphatic carbocycles. The van der Waals surface area contributed by atoms with Crippen LogP contribution in [0.1, 0.15) is 87.1 Å². The van der Waals surface area contributed by atoms with Gasteiger partial charge < -0.3 is 14.9 Å². The molecule has 1 heterocycles. The van der Waals surface area contributed by atoms with Crippen LogP contribution in [0.15, 0.2) is 35.1 Å². The molecule has 2 amide bonds. The van der Waals surface area contributed by atoms with Gasteiger partial charge in [-0.15, -0.1) is 0 Å². The van der Waals surface area contributed by atoms with Crippen LogP contribution >= 0.6 is 0 Å². The summed E-state index contributed by atoms with van der Waals surface area (Å²) in [4.78, 5) is 55.1. The maximum atomic E-state index is 13.2. The molecule has 0 bridgehead atoms. The summed E-state index contributed by atoms with van der Waals surface area (Å²) in [6, 6.07) is 4.12. The summed E-state index contributed by atoms with van der Waals surface area (Å²) < 4.78 is 0. The highest BCUT2D eigenvalue weighted by Crippen LogP contribution is 2.29. The number of hydrogen-bond donors (Lipinski definition) is 1. The Labute approximate surface area is 196 Å². The van der Waals surface area contributed by atoms with Crippen LogP contribution in [0, 0.1) is 0 Å². The van der Waals surface area contributed by atoms with Crippen molar-refractivity contribution in [3.05, 3.63) is 46.7 Å². The second-order valence-electron chi connectivity index (χ2n) is 7.16. The van der Waals surface area contributed by atoms with Gasteiger partial charge in [-0.2, -0.15) is 0 Å². The smallest absolute Gasteiger partial charge is 0.262 e. The fourth-order valence-corrected chi connectivity index (χ4v) is 3.50. The summed E-state index contributed by atoms with van der Waals surface area (Å²) in [7, 11) is 0. The maximum absolute atomic E-state index is 13.2. The van der Waals surface area contributed by atoms with Crippen molar-refractivity contribution in [1.29, 1.82) is 0 Å². The summed E-state index contributed by atoms with van der Waals surface area (Å²) in [6.45, 7) is 11.7. The van der Waals surface area contributed by atoms with Gasteiger partial charge in [0.15, 0.2) is 5.78 Å². The Bertz CT molecular complexity index is 921. The number of imide groups is 1. The molecule has 1 aromatic rings. The number of benzene rings is 1. The number of oxime groups is 1. The van der Waals surface area contributed by atoms with Crippen LogP contribution in [-0.4, -0.2) is 47.1 Å². The first-order chi connectivity index (χ1) is 15.9. The van der Waals surface area contributed by atoms with E-state index in [2.05, 4.69) is 10.5 Å². The van der Waals surface area contributed by atoms with Gasteiger partial charge in [-0.3, -0.25) is 19.3 Å². The minimum atomic E-state index is -0.950. The highest BCUT2D eigenvalue weighted by Gasteiger charge is 2.42. The summed E-state index contributed by atoms with van der Waals surface area (Å²) in [6.07, 6.45) is 3.63. The van der Waals surface area contributed by atoms with E-state index in [0.29, 0.717) is 30.7 Å². The molecule has 33 heavy (non-hydrogen) atoms. The molecule has 1 aliphatic rings. The highest BCUT2D eigenvalue weighted by atomic mass is 16.6. The second kappa shape index (κ2) is 14.0. The average Bonchev–Trinajstić information content (AvgIpc) is 3.07. The van der Waals surface area contributed by atoms with E-state index in [4.69, 9.17) is 4.84 Å². The fourth-order valence-electron chi connectivity index (χ4n) is 3.50. The summed E-state index contributed by atoms with van der Waals surface area (Å²) in [5.41, 5.74) is 2.64. The SMILES string of the molecule is CC.CC/C=C(NCc1cccc2c1C(=O)N(C(CCC=O)C(C)=O)C2=O)\C(C)=N\OCC. The van der Waals surface area contributed by atoms with Crippen LogP contribution in [0.3, 0.4) is 0 Å². The molecule has 8 nitrogen and oxygen atoms in total. The lowest BCUT2D eigenvalue weighted by molar-refractivity contribution is -0.121. The predicted molar refractivity (Wildman–Crippen MR) is 128 cm³/mol. The van der Waals surface area contributed by atoms with Gasteiger partial charge >= 0.3 is 0 Å². The molecule has 0 fully saturated rings. The van der Waals surface area contributed by atoms with E-state index in [1.165, 1.54) is 6.92 Å². The van der Waals surface area contributed by atoms with Crippen LogP contribution in [-0.2, 0) is 21.0 Å². The molecule has 8 heteroatoms. The zero-order valence-electron chi connectivity index (χ0n) is 20.4. The number of rotatable bonds is 12. The van der Waals surface area contributed by atoms with E-state index in [0.717, 1.165) is 17.0 Å². The molecular weight excluding hydrogens is 422 g/mol. The predicted octanol–water partition coefficient (Wildman–Crippen LogP) is 4.04. The number of fused-ring (bicyclic) bond motifs is 1. The van der Waals surface area contributed by atoms with Crippen LogP contribution in [0.5, 0.6) is 0 Å². The van der Waals surface area contributed by atoms with Gasteiger partial charge in [0.2, 0.25) is 0 Å². The van der Waals surface area contributed by atoms with E-state index >= 15 is 0 Å². The Kier molecular flexibility index (Phi) is 11.8. The third kappa shape index (κ3) is 6.84. The lowest BCUT2D eigenvalue weighted by Gasteiger charge is -2.23. The van der Waals surface area contributed by atoms with Gasteiger partial charge in [-0.05, 0) is 45.2 Å². The van der Waals surface area contributed by atoms with Crippen molar-refractivity contribution in [1.82, 2.24) is 10.2 Å². The van der Waals surface area contributed by atoms with Crippen molar-refractivity contribution in [3.63, 3.8) is 0 Å². The first kappa shape index (κ1) is 27.7. The van der Waals surface area contributed by atoms with Crippen molar-refractivity contribution in [2.75, 3.05) is 6.61 Å². The van der Waals surface area contributed by atoms with Crippen molar-refractivity contribution in [2.45, 2.75) is 73.4 Å². The molecular formula is C25H35N3O5. The molecule has 1 aromatic carbocycles. The first-order valence-electron chi connectivity index (χ1n) is 11.4. The number of aldehydes is 1. The third-order valence-corrected chi connectivity index (χ3v) is 4.97. The molecule has 1 atom stereocenters. The molecule has 0 radical (unpaired) electrons. The lowest BCUT2D eigenvalue weighted by atomic mass is 10.0. The first-order valence-corrected chi connectivity index (χ1v) is 11.4. The minimum Gasteiger partial charge on any atom is -0.396 e. The Morgan fingerprint density at radius 1 is 1.18 bits per heavy atom. The fraction of sp³-hybridized carbons (Fsp3) is 0.480. The maximum Gasteiger partial charge on any atom is 0.262 e. The van der Waals surface area contributed by atoms with Gasteiger partial charge in [0.05, 0.1) is 28.6 Å². The molecule has 0 aromatic heterocycles. The highest BCUT2D eigenvalue weighted by molar-refractivity contribution is 6.23. The zero-order valence-corrected chi connectivity index (χ0v) is 20.4. The van der Waals surface area contributed by atoms with Crippen LogP contribution in [0.25, 0.3) is 0 Å². The molecule has 1 unspecified atom stereocenters. The van der Waals surface area contributed by atoms with Gasteiger partial charge in [-0.25, -0.2) is 0 Å². The number of ketones is 1. The van der Waals surface area contributed by atoms with Crippen molar-refractivity contribution in [2.24, 2.45) is 5.16 Å². The number of amides is 2. The number of hydrogen-bond acceptors (Lipinski definition) is 7. The Morgan fingerprint density at radius 3 is 2.45 bits per heavy atom. The number of carbonyl (C=O) groups is 4. The molecule has 2 rings (SSSR count). The van der Waals surface area contributed by atoms with Gasteiger partial charge in [0, 0.05) is 13.0 Å². The van der Waals surface area contributed by atoms with Crippen LogP contribution in [0.4, 0.5) is 0 Å². The monoisotopic (exact) mass is 457 g/mol. The second-order valence-corrected chi connectivity index (χ2v) is 7.16. The van der Waals surface area contributed by atoms with Crippen LogP contribution in [0.2, 0.25) is 0 Å². The Hall–Kier alpha value is -3.29. The summed E-state index contributed by atoms with van der Waals surface area (Å²) in [5, 5.41) is 7.31. The minimum absolute atomic E-state index is 0.0929. The standard InChI is InChI=1S/C23H29N3O5.C2H6/c1-5-9-19(15(3)25-31-6-2)24-14-17-10-7-11-18-21(17)23(30)26(22(18)29)20(16(4)28)12-8-13-27;1-2/h7,9-11,13,20,24H,5-6,8,12,14H2,1-4H3;1-2H3/b19-9+,25-15+;. The van der Waals surface area contributed by atoms with E-state index < -0.39 is 17.9 Å². The van der Waals surface area contributed by atoms with Crippen LogP contribution < -0.4 is 5.32 Å². The lowest BCUT2D eigenvalue weighted by Crippen LogP contribution is -2.44. The van der Waals surface area contributed by atoms with Crippen molar-refractivity contribution >= 4 is 29.6 Å². The molecule has 0 saturated carbocycles. The Balaban J connectivity index is 0.00000265. The van der Waals surface area contributed by atoms with Crippen molar-refractivity contribution in [3.8, 4) is 0 Å². The number of allylic oxidation sites excluding steroid dienone is 2. The van der Waals surface area contributed by atoms with E-state index in [1.807, 2.05) is 40.7 Å². The van der Waals surface area contributed by atoms with E-state index in [9.17, 15) is 19.2 Å². The molecule has 1 aliphatic heterocycles. The number of Topliss-reactive ketones (excluding diaryl/α,β-unsaturated/α-hetero) is 1. The summed E-state index contributed by atoms with van der Waals surface area (Å²) >= 11 is 0. The Morgan fingerprint density at radius 2 is 1.88 bits per heavy atom. The topological polar surface area (TPSA) is 105 Å². The number of nitrogens with zero attached hydrogens (tertiary/aromatic N) is 2. The molecule has 1 N–H and O–H groups in total. The van der Waals surface area contributed by atoms with E-state index in [-0.39, 0.29) is 29.8 Å². The normalized spacial score (nSPS) is 14.3. The van der Waals surface area contributed by atoms with Gasteiger partial charge in [-0.1, -0.05) is 44.1 Å². The summed E-state index contributed by atoms with van der Waals surface area (Å²) in [5.74, 6) is -1.34. The zero-order chi connectivity index (χ0) is 25.0. The molecule has 0 saturated heterocycles. The average molecular weight is 458 g/mol. The quantitative estimate of drug-likeness (QED) is 0.220. The van der Waals surface area contributed by atoms with Crippen molar-refractivity contribution < 1.29 is 24.0 Å². The molecule has 0 spiro atoms. The van der Waals surface area contributed by atoms with Gasteiger partial charge in [0.1, 0.15) is 12.9 Å². The number of nitrogens with one attached hydrogen (secondary N) is 1. The molecule has 180 valence electrons. The van der Waals surface area contributed by atoms with E-state index in [1.54, 1.807) is 18.2 Å². The number of carbonyl (C=O) groups excluding carboxylic acids is 4. The third-order valence-electron chi connectivity index (χ3n) is 4.97. The van der Waals surface area contributed by atoms with Gasteiger partial charge in [0.25, 0.3) is 11.8 Å². The largest absolute Gasteiger partial charge is 0.396 e.